The van der Waals surface area contributed by atoms with E-state index >= 15 is 0 Å². The topological polar surface area (TPSA) is 75.3 Å². The summed E-state index contributed by atoms with van der Waals surface area (Å²) in [5.41, 5.74) is 3.36. The number of carbonyl (C=O) groups is 3. The van der Waals surface area contributed by atoms with Crippen LogP contribution in [-0.4, -0.2) is 17.7 Å². The number of rotatable bonds is 4. The Hall–Kier alpha value is -2.66. The zero-order chi connectivity index (χ0) is 18.7. The first kappa shape index (κ1) is 18.1. The van der Waals surface area contributed by atoms with Crippen molar-refractivity contribution in [2.75, 3.05) is 5.32 Å². The molecule has 1 saturated heterocycles. The Bertz CT molecular complexity index is 826. The molecular weight excluding hydrogens is 352 g/mol. The van der Waals surface area contributed by atoms with Crippen molar-refractivity contribution in [2.24, 2.45) is 0 Å². The smallest absolute Gasteiger partial charge is 0.228 e. The molecule has 0 unspecified atom stereocenters. The van der Waals surface area contributed by atoms with Crippen LogP contribution in [0.3, 0.4) is 0 Å². The van der Waals surface area contributed by atoms with Gasteiger partial charge in [0.2, 0.25) is 17.7 Å². The number of piperidine rings is 1. The van der Waals surface area contributed by atoms with E-state index in [0.29, 0.717) is 23.6 Å². The molecule has 1 aliphatic heterocycles. The van der Waals surface area contributed by atoms with E-state index in [2.05, 4.69) is 10.6 Å². The first-order valence-electron chi connectivity index (χ1n) is 8.39. The number of nitrogens with one attached hydrogen (secondary N) is 2. The molecule has 6 heteroatoms. The average Bonchev–Trinajstić information content (AvgIpc) is 2.58. The van der Waals surface area contributed by atoms with Gasteiger partial charge in [-0.05, 0) is 41.8 Å². The lowest BCUT2D eigenvalue weighted by Crippen LogP contribution is -2.37. The molecule has 2 aromatic carbocycles. The van der Waals surface area contributed by atoms with Gasteiger partial charge in [-0.2, -0.15) is 0 Å². The molecule has 1 fully saturated rings. The van der Waals surface area contributed by atoms with Gasteiger partial charge in [0.15, 0.2) is 0 Å². The second-order valence-electron chi connectivity index (χ2n) is 6.46. The number of hydrogen-bond acceptors (Lipinski definition) is 3. The fraction of sp³-hybridized carbons (Fsp3) is 0.250. The van der Waals surface area contributed by atoms with E-state index in [0.717, 1.165) is 16.7 Å². The third kappa shape index (κ3) is 4.29. The Morgan fingerprint density at radius 1 is 1.12 bits per heavy atom. The van der Waals surface area contributed by atoms with Crippen molar-refractivity contribution in [3.63, 3.8) is 0 Å². The van der Waals surface area contributed by atoms with Gasteiger partial charge in [0.25, 0.3) is 0 Å². The van der Waals surface area contributed by atoms with Gasteiger partial charge in [0.1, 0.15) is 0 Å². The Kier molecular flexibility index (Phi) is 5.38. The number of benzene rings is 2. The second kappa shape index (κ2) is 7.70. The predicted octanol–water partition coefficient (Wildman–Crippen LogP) is 3.35. The SMILES string of the molecule is Cc1cccc(Cl)c1CC(=O)Nc1ccc(C2CC(=O)NC(=O)C2)cc1. The molecule has 1 heterocycles. The highest BCUT2D eigenvalue weighted by Crippen LogP contribution is 2.27. The van der Waals surface area contributed by atoms with Crippen molar-refractivity contribution >= 4 is 35.0 Å². The van der Waals surface area contributed by atoms with Crippen molar-refractivity contribution in [3.05, 3.63) is 64.2 Å². The van der Waals surface area contributed by atoms with Crippen molar-refractivity contribution in [1.82, 2.24) is 5.32 Å². The van der Waals surface area contributed by atoms with Crippen molar-refractivity contribution in [2.45, 2.75) is 32.1 Å². The van der Waals surface area contributed by atoms with Gasteiger partial charge in [-0.1, -0.05) is 35.9 Å². The maximum absolute atomic E-state index is 12.3. The standard InChI is InChI=1S/C20H19ClN2O3/c1-12-3-2-4-17(21)16(12)11-20(26)22-15-7-5-13(6-8-15)14-9-18(24)23-19(25)10-14/h2-8,14H,9-11H2,1H3,(H,22,26)(H,23,24,25). The Balaban J connectivity index is 1.65. The Morgan fingerprint density at radius 3 is 2.38 bits per heavy atom. The highest BCUT2D eigenvalue weighted by molar-refractivity contribution is 6.31. The van der Waals surface area contributed by atoms with Crippen LogP contribution in [0.25, 0.3) is 0 Å². The van der Waals surface area contributed by atoms with Crippen LogP contribution >= 0.6 is 11.6 Å². The largest absolute Gasteiger partial charge is 0.326 e. The van der Waals surface area contributed by atoms with Gasteiger partial charge in [0.05, 0.1) is 6.42 Å². The summed E-state index contributed by atoms with van der Waals surface area (Å²) in [7, 11) is 0. The zero-order valence-electron chi connectivity index (χ0n) is 14.3. The third-order valence-corrected chi connectivity index (χ3v) is 4.85. The molecule has 3 rings (SSSR count). The lowest BCUT2D eigenvalue weighted by molar-refractivity contribution is -0.133. The van der Waals surface area contributed by atoms with Crippen LogP contribution in [0.4, 0.5) is 5.69 Å². The van der Waals surface area contributed by atoms with Gasteiger partial charge in [0, 0.05) is 29.5 Å². The van der Waals surface area contributed by atoms with Crippen LogP contribution in [0.15, 0.2) is 42.5 Å². The number of anilines is 1. The molecule has 0 radical (unpaired) electrons. The Labute approximate surface area is 156 Å². The van der Waals surface area contributed by atoms with Gasteiger partial charge in [-0.25, -0.2) is 0 Å². The second-order valence-corrected chi connectivity index (χ2v) is 6.87. The predicted molar refractivity (Wildman–Crippen MR) is 100 cm³/mol. The maximum atomic E-state index is 12.3. The first-order chi connectivity index (χ1) is 12.4. The van der Waals surface area contributed by atoms with E-state index in [1.165, 1.54) is 0 Å². The van der Waals surface area contributed by atoms with Crippen LogP contribution < -0.4 is 10.6 Å². The van der Waals surface area contributed by atoms with Crippen LogP contribution in [0.5, 0.6) is 0 Å². The average molecular weight is 371 g/mol. The van der Waals surface area contributed by atoms with E-state index in [-0.39, 0.29) is 30.1 Å². The number of imide groups is 1. The van der Waals surface area contributed by atoms with Crippen LogP contribution in [0.2, 0.25) is 5.02 Å². The van der Waals surface area contributed by atoms with Gasteiger partial charge >= 0.3 is 0 Å². The molecule has 0 aromatic heterocycles. The molecule has 26 heavy (non-hydrogen) atoms. The minimum Gasteiger partial charge on any atom is -0.326 e. The molecule has 2 N–H and O–H groups in total. The summed E-state index contributed by atoms with van der Waals surface area (Å²) in [6.07, 6.45) is 0.789. The highest BCUT2D eigenvalue weighted by atomic mass is 35.5. The number of amides is 3. The van der Waals surface area contributed by atoms with Gasteiger partial charge in [-0.3, -0.25) is 19.7 Å². The third-order valence-electron chi connectivity index (χ3n) is 4.50. The van der Waals surface area contributed by atoms with Crippen LogP contribution in [0, 0.1) is 6.92 Å². The van der Waals surface area contributed by atoms with E-state index in [4.69, 9.17) is 11.6 Å². The highest BCUT2D eigenvalue weighted by Gasteiger charge is 2.25. The van der Waals surface area contributed by atoms with Gasteiger partial charge in [-0.15, -0.1) is 0 Å². The molecule has 5 nitrogen and oxygen atoms in total. The molecule has 3 amide bonds. The number of aryl methyl sites for hydroxylation is 1. The molecule has 0 saturated carbocycles. The minimum absolute atomic E-state index is 0.119. The molecule has 2 aromatic rings. The Morgan fingerprint density at radius 2 is 1.77 bits per heavy atom. The first-order valence-corrected chi connectivity index (χ1v) is 8.76. The molecule has 0 atom stereocenters. The summed E-state index contributed by atoms with van der Waals surface area (Å²) < 4.78 is 0. The molecular formula is C20H19ClN2O3. The monoisotopic (exact) mass is 370 g/mol. The summed E-state index contributed by atoms with van der Waals surface area (Å²) in [5.74, 6) is -0.773. The summed E-state index contributed by atoms with van der Waals surface area (Å²) in [5, 5.41) is 5.73. The molecule has 0 spiro atoms. The summed E-state index contributed by atoms with van der Waals surface area (Å²) >= 11 is 6.17. The van der Waals surface area contributed by atoms with Crippen molar-refractivity contribution in [1.29, 1.82) is 0 Å². The summed E-state index contributed by atoms with van der Waals surface area (Å²) in [4.78, 5) is 35.3. The normalized spacial score (nSPS) is 14.8. The number of halogens is 1. The zero-order valence-corrected chi connectivity index (χ0v) is 15.1. The number of carbonyl (C=O) groups excluding carboxylic acids is 3. The molecule has 0 bridgehead atoms. The lowest BCUT2D eigenvalue weighted by atomic mass is 9.89. The summed E-state index contributed by atoms with van der Waals surface area (Å²) in [6.45, 7) is 1.92. The quantitative estimate of drug-likeness (QED) is 0.810. The van der Waals surface area contributed by atoms with Crippen LogP contribution in [-0.2, 0) is 20.8 Å². The molecule has 0 aliphatic carbocycles. The van der Waals surface area contributed by atoms with Crippen molar-refractivity contribution in [3.8, 4) is 0 Å². The molecule has 134 valence electrons. The van der Waals surface area contributed by atoms with E-state index in [1.807, 2.05) is 31.2 Å². The van der Waals surface area contributed by atoms with E-state index < -0.39 is 0 Å². The lowest BCUT2D eigenvalue weighted by Gasteiger charge is -2.21. The van der Waals surface area contributed by atoms with E-state index in [9.17, 15) is 14.4 Å². The van der Waals surface area contributed by atoms with Crippen LogP contribution in [0.1, 0.15) is 35.4 Å². The maximum Gasteiger partial charge on any atom is 0.228 e. The fourth-order valence-corrected chi connectivity index (χ4v) is 3.40. The summed E-state index contributed by atoms with van der Waals surface area (Å²) in [6, 6.07) is 12.8. The number of hydrogen-bond donors (Lipinski definition) is 2. The fourth-order valence-electron chi connectivity index (χ4n) is 3.11. The van der Waals surface area contributed by atoms with Crippen molar-refractivity contribution < 1.29 is 14.4 Å². The van der Waals surface area contributed by atoms with Gasteiger partial charge < -0.3 is 5.32 Å². The van der Waals surface area contributed by atoms with E-state index in [1.54, 1.807) is 18.2 Å². The minimum atomic E-state index is -0.251. The molecule has 1 aliphatic rings.